The highest BCUT2D eigenvalue weighted by Crippen LogP contribution is 2.11. The third-order valence-corrected chi connectivity index (χ3v) is 3.30. The first-order valence-corrected chi connectivity index (χ1v) is 7.01. The molecule has 0 aliphatic heterocycles. The minimum atomic E-state index is -0.383. The van der Waals surface area contributed by atoms with E-state index in [4.69, 9.17) is 0 Å². The van der Waals surface area contributed by atoms with E-state index in [0.29, 0.717) is 0 Å². The Morgan fingerprint density at radius 3 is 2.57 bits per heavy atom. The Labute approximate surface area is 123 Å². The van der Waals surface area contributed by atoms with Crippen molar-refractivity contribution < 1.29 is 4.92 Å². The zero-order valence-electron chi connectivity index (χ0n) is 12.4. The van der Waals surface area contributed by atoms with E-state index in [-0.39, 0.29) is 10.6 Å². The number of nitrogens with one attached hydrogen (secondary N) is 1. The highest BCUT2D eigenvalue weighted by Gasteiger charge is 2.03. The number of nitro benzene ring substituents is 1. The second kappa shape index (κ2) is 6.99. The Morgan fingerprint density at radius 1 is 1.29 bits per heavy atom. The summed E-state index contributed by atoms with van der Waals surface area (Å²) in [6, 6.07) is 8.71. The molecule has 6 heteroatoms. The maximum atomic E-state index is 10.6. The summed E-state index contributed by atoms with van der Waals surface area (Å²) >= 11 is 0. The highest BCUT2D eigenvalue weighted by atomic mass is 16.6. The van der Waals surface area contributed by atoms with Crippen molar-refractivity contribution in [3.63, 3.8) is 0 Å². The molecule has 1 N–H and O–H groups in total. The molecule has 6 nitrogen and oxygen atoms in total. The molecular formula is C15H20N4O2. The van der Waals surface area contributed by atoms with Gasteiger partial charge in [-0.2, -0.15) is 5.10 Å². The number of non-ortho nitro benzene ring substituents is 1. The molecule has 0 saturated carbocycles. The number of nitrogens with zero attached hydrogens (tertiary/aromatic N) is 3. The van der Waals surface area contributed by atoms with Gasteiger partial charge in [0.15, 0.2) is 0 Å². The molecule has 0 saturated heterocycles. The van der Waals surface area contributed by atoms with Crippen LogP contribution in [-0.4, -0.2) is 21.2 Å². The van der Waals surface area contributed by atoms with E-state index in [1.807, 2.05) is 11.6 Å². The van der Waals surface area contributed by atoms with Crippen LogP contribution in [0.4, 0.5) is 5.69 Å². The molecule has 1 heterocycles. The standard InChI is InChI=1S/C15H20N4O2/c1-12-10-13(2)18(17-12)9-3-8-16-11-14-4-6-15(7-5-14)19(20)21/h4-7,10,16H,3,8-9,11H2,1-2H3. The van der Waals surface area contributed by atoms with Gasteiger partial charge in [-0.25, -0.2) is 0 Å². The van der Waals surface area contributed by atoms with Crippen LogP contribution in [0.1, 0.15) is 23.4 Å². The Hall–Kier alpha value is -2.21. The molecular weight excluding hydrogens is 268 g/mol. The predicted molar refractivity (Wildman–Crippen MR) is 81.1 cm³/mol. The van der Waals surface area contributed by atoms with Crippen molar-refractivity contribution in [2.24, 2.45) is 0 Å². The van der Waals surface area contributed by atoms with E-state index >= 15 is 0 Å². The maximum absolute atomic E-state index is 10.6. The summed E-state index contributed by atoms with van der Waals surface area (Å²) in [6.45, 7) is 6.55. The minimum Gasteiger partial charge on any atom is -0.313 e. The van der Waals surface area contributed by atoms with Crippen molar-refractivity contribution in [2.45, 2.75) is 33.4 Å². The van der Waals surface area contributed by atoms with E-state index in [9.17, 15) is 10.1 Å². The van der Waals surface area contributed by atoms with Gasteiger partial charge in [0.05, 0.1) is 10.6 Å². The lowest BCUT2D eigenvalue weighted by Crippen LogP contribution is -2.17. The van der Waals surface area contributed by atoms with E-state index in [1.165, 1.54) is 17.8 Å². The first-order chi connectivity index (χ1) is 10.1. The van der Waals surface area contributed by atoms with E-state index in [1.54, 1.807) is 12.1 Å². The lowest BCUT2D eigenvalue weighted by atomic mass is 10.2. The van der Waals surface area contributed by atoms with E-state index in [0.717, 1.165) is 37.3 Å². The summed E-state index contributed by atoms with van der Waals surface area (Å²) in [5.74, 6) is 0. The summed E-state index contributed by atoms with van der Waals surface area (Å²) in [4.78, 5) is 10.2. The molecule has 1 aromatic carbocycles. The van der Waals surface area contributed by atoms with Crippen molar-refractivity contribution >= 4 is 5.69 Å². The second-order valence-electron chi connectivity index (χ2n) is 5.10. The fourth-order valence-corrected chi connectivity index (χ4v) is 2.22. The fraction of sp³-hybridized carbons (Fsp3) is 0.400. The number of hydrogen-bond acceptors (Lipinski definition) is 4. The summed E-state index contributed by atoms with van der Waals surface area (Å²) in [5.41, 5.74) is 3.41. The largest absolute Gasteiger partial charge is 0.313 e. The Bertz CT molecular complexity index is 605. The van der Waals surface area contributed by atoms with Gasteiger partial charge < -0.3 is 5.32 Å². The van der Waals surface area contributed by atoms with Crippen LogP contribution in [0.25, 0.3) is 0 Å². The molecule has 0 spiro atoms. The minimum absolute atomic E-state index is 0.128. The molecule has 0 bridgehead atoms. The fourth-order valence-electron chi connectivity index (χ4n) is 2.22. The zero-order chi connectivity index (χ0) is 15.2. The Morgan fingerprint density at radius 2 is 2.00 bits per heavy atom. The zero-order valence-corrected chi connectivity index (χ0v) is 12.4. The van der Waals surface area contributed by atoms with Gasteiger partial charge in [0, 0.05) is 30.9 Å². The second-order valence-corrected chi connectivity index (χ2v) is 5.10. The molecule has 0 aliphatic carbocycles. The third kappa shape index (κ3) is 4.39. The van der Waals surface area contributed by atoms with Crippen LogP contribution in [0.5, 0.6) is 0 Å². The van der Waals surface area contributed by atoms with Gasteiger partial charge in [-0.15, -0.1) is 0 Å². The van der Waals surface area contributed by atoms with Crippen LogP contribution in [0.15, 0.2) is 30.3 Å². The average molecular weight is 288 g/mol. The lowest BCUT2D eigenvalue weighted by molar-refractivity contribution is -0.384. The number of nitro groups is 1. The van der Waals surface area contributed by atoms with Crippen molar-refractivity contribution in [2.75, 3.05) is 6.54 Å². The lowest BCUT2D eigenvalue weighted by Gasteiger charge is -2.06. The number of aromatic nitrogens is 2. The number of benzene rings is 1. The molecule has 112 valence electrons. The van der Waals surface area contributed by atoms with Gasteiger partial charge in [-0.05, 0) is 38.4 Å². The van der Waals surface area contributed by atoms with Crippen molar-refractivity contribution in [1.29, 1.82) is 0 Å². The number of hydrogen-bond donors (Lipinski definition) is 1. The van der Waals surface area contributed by atoms with E-state index < -0.39 is 0 Å². The van der Waals surface area contributed by atoms with Gasteiger partial charge in [-0.3, -0.25) is 14.8 Å². The van der Waals surface area contributed by atoms with Gasteiger partial charge in [-0.1, -0.05) is 12.1 Å². The average Bonchev–Trinajstić information content (AvgIpc) is 2.77. The molecule has 0 unspecified atom stereocenters. The topological polar surface area (TPSA) is 73.0 Å². The van der Waals surface area contributed by atoms with Crippen LogP contribution in [0, 0.1) is 24.0 Å². The predicted octanol–water partition coefficient (Wildman–Crippen LogP) is 2.59. The summed E-state index contributed by atoms with van der Waals surface area (Å²) < 4.78 is 2.02. The van der Waals surface area contributed by atoms with Crippen molar-refractivity contribution in [1.82, 2.24) is 15.1 Å². The molecule has 0 radical (unpaired) electrons. The van der Waals surface area contributed by atoms with Gasteiger partial charge in [0.25, 0.3) is 5.69 Å². The van der Waals surface area contributed by atoms with Crippen LogP contribution < -0.4 is 5.32 Å². The molecule has 2 rings (SSSR count). The van der Waals surface area contributed by atoms with Crippen molar-refractivity contribution in [3.05, 3.63) is 57.4 Å². The Balaban J connectivity index is 1.70. The Kier molecular flexibility index (Phi) is 5.05. The van der Waals surface area contributed by atoms with Crippen molar-refractivity contribution in [3.8, 4) is 0 Å². The molecule has 0 aliphatic rings. The van der Waals surface area contributed by atoms with Crippen LogP contribution in [0.2, 0.25) is 0 Å². The van der Waals surface area contributed by atoms with Crippen LogP contribution in [-0.2, 0) is 13.1 Å². The highest BCUT2D eigenvalue weighted by molar-refractivity contribution is 5.32. The van der Waals surface area contributed by atoms with Gasteiger partial charge in [0.2, 0.25) is 0 Å². The summed E-state index contributed by atoms with van der Waals surface area (Å²) in [7, 11) is 0. The third-order valence-electron chi connectivity index (χ3n) is 3.30. The van der Waals surface area contributed by atoms with Crippen LogP contribution >= 0.6 is 0 Å². The number of aryl methyl sites for hydroxylation is 3. The maximum Gasteiger partial charge on any atom is 0.269 e. The molecule has 1 aromatic heterocycles. The molecule has 2 aromatic rings. The monoisotopic (exact) mass is 288 g/mol. The van der Waals surface area contributed by atoms with Crippen LogP contribution in [0.3, 0.4) is 0 Å². The van der Waals surface area contributed by atoms with E-state index in [2.05, 4.69) is 23.4 Å². The molecule has 21 heavy (non-hydrogen) atoms. The molecule has 0 atom stereocenters. The smallest absolute Gasteiger partial charge is 0.269 e. The summed E-state index contributed by atoms with van der Waals surface area (Å²) in [6.07, 6.45) is 0.995. The molecule has 0 amide bonds. The first-order valence-electron chi connectivity index (χ1n) is 7.01. The quantitative estimate of drug-likeness (QED) is 0.483. The van der Waals surface area contributed by atoms with Gasteiger partial charge in [0.1, 0.15) is 0 Å². The molecule has 0 fully saturated rings. The summed E-state index contributed by atoms with van der Waals surface area (Å²) in [5, 5.41) is 18.3. The normalized spacial score (nSPS) is 10.8. The van der Waals surface area contributed by atoms with Gasteiger partial charge >= 0.3 is 0 Å². The number of rotatable bonds is 7. The SMILES string of the molecule is Cc1cc(C)n(CCCNCc2ccc([N+](=O)[O-])cc2)n1. The first kappa shape index (κ1) is 15.2.